The van der Waals surface area contributed by atoms with Crippen molar-refractivity contribution >= 4 is 0 Å². The minimum atomic E-state index is 0.406. The van der Waals surface area contributed by atoms with E-state index in [0.29, 0.717) is 41.3 Å². The van der Waals surface area contributed by atoms with Gasteiger partial charge in [0.15, 0.2) is 0 Å². The number of benzene rings is 1. The molecular formula is C15H21N3O3. The number of aromatic nitrogens is 2. The van der Waals surface area contributed by atoms with Gasteiger partial charge in [-0.2, -0.15) is 0 Å². The first-order valence-corrected chi connectivity index (χ1v) is 6.92. The quantitative estimate of drug-likeness (QED) is 0.844. The fourth-order valence-electron chi connectivity index (χ4n) is 1.99. The molecule has 0 spiro atoms. The van der Waals surface area contributed by atoms with Gasteiger partial charge in [-0.3, -0.25) is 0 Å². The fourth-order valence-corrected chi connectivity index (χ4v) is 1.99. The van der Waals surface area contributed by atoms with Gasteiger partial charge in [-0.05, 0) is 12.1 Å². The van der Waals surface area contributed by atoms with E-state index in [-0.39, 0.29) is 0 Å². The summed E-state index contributed by atoms with van der Waals surface area (Å²) < 4.78 is 16.4. The molecule has 1 aromatic carbocycles. The highest BCUT2D eigenvalue weighted by Gasteiger charge is 2.18. The summed E-state index contributed by atoms with van der Waals surface area (Å²) in [6.45, 7) is 4.99. The Morgan fingerprint density at radius 2 is 1.81 bits per heavy atom. The van der Waals surface area contributed by atoms with Crippen LogP contribution < -0.4 is 14.8 Å². The molecule has 0 saturated carbocycles. The van der Waals surface area contributed by atoms with E-state index < -0.39 is 0 Å². The van der Waals surface area contributed by atoms with E-state index in [4.69, 9.17) is 13.9 Å². The zero-order valence-electron chi connectivity index (χ0n) is 12.8. The Balaban J connectivity index is 2.21. The number of rotatable bonds is 7. The maximum absolute atomic E-state index is 5.71. The lowest BCUT2D eigenvalue weighted by Gasteiger charge is -2.09. The van der Waals surface area contributed by atoms with Crippen LogP contribution in [0.4, 0.5) is 0 Å². The Labute approximate surface area is 124 Å². The molecular weight excluding hydrogens is 270 g/mol. The Hall–Kier alpha value is -2.08. The minimum absolute atomic E-state index is 0.406. The van der Waals surface area contributed by atoms with Crippen LogP contribution in [0, 0.1) is 0 Å². The molecule has 0 aliphatic carbocycles. The third-order valence-electron chi connectivity index (χ3n) is 3.00. The lowest BCUT2D eigenvalue weighted by molar-refractivity contribution is 0.392. The Kier molecular flexibility index (Phi) is 5.16. The highest BCUT2D eigenvalue weighted by atomic mass is 16.5. The predicted octanol–water partition coefficient (Wildman–Crippen LogP) is 2.29. The van der Waals surface area contributed by atoms with Crippen molar-refractivity contribution in [2.24, 2.45) is 0 Å². The maximum Gasteiger partial charge on any atom is 0.255 e. The summed E-state index contributed by atoms with van der Waals surface area (Å²) in [5.41, 5.74) is 0.679. The highest BCUT2D eigenvalue weighted by Crippen LogP contribution is 2.37. The average Bonchev–Trinajstić information content (AvgIpc) is 2.94. The van der Waals surface area contributed by atoms with Crippen molar-refractivity contribution in [3.63, 3.8) is 0 Å². The average molecular weight is 291 g/mol. The summed E-state index contributed by atoms with van der Waals surface area (Å²) in [4.78, 5) is 0. The molecule has 114 valence electrons. The van der Waals surface area contributed by atoms with Crippen LogP contribution in [0.5, 0.6) is 11.5 Å². The molecule has 0 bridgehead atoms. The lowest BCUT2D eigenvalue weighted by Crippen LogP contribution is -2.25. The largest absolute Gasteiger partial charge is 0.496 e. The predicted molar refractivity (Wildman–Crippen MR) is 79.7 cm³/mol. The van der Waals surface area contributed by atoms with E-state index >= 15 is 0 Å². The van der Waals surface area contributed by atoms with Gasteiger partial charge in [0.1, 0.15) is 17.1 Å². The first-order chi connectivity index (χ1) is 10.2. The maximum atomic E-state index is 5.71. The first-order valence-electron chi connectivity index (χ1n) is 6.92. The molecule has 6 heteroatoms. The molecule has 2 aromatic rings. The number of hydrogen-bond acceptors (Lipinski definition) is 6. The van der Waals surface area contributed by atoms with Crippen molar-refractivity contribution in [2.45, 2.75) is 26.3 Å². The molecule has 0 fully saturated rings. The third-order valence-corrected chi connectivity index (χ3v) is 3.00. The molecule has 0 atom stereocenters. The van der Waals surface area contributed by atoms with E-state index in [1.807, 2.05) is 18.2 Å². The van der Waals surface area contributed by atoms with E-state index in [1.165, 1.54) is 0 Å². The van der Waals surface area contributed by atoms with Gasteiger partial charge in [0, 0.05) is 19.0 Å². The van der Waals surface area contributed by atoms with E-state index in [0.717, 1.165) is 6.54 Å². The molecule has 6 nitrogen and oxygen atoms in total. The summed E-state index contributed by atoms with van der Waals surface area (Å²) in [7, 11) is 3.20. The van der Waals surface area contributed by atoms with E-state index in [1.54, 1.807) is 14.2 Å². The normalized spacial score (nSPS) is 10.9. The topological polar surface area (TPSA) is 69.4 Å². The van der Waals surface area contributed by atoms with Crippen molar-refractivity contribution in [3.8, 4) is 23.0 Å². The van der Waals surface area contributed by atoms with Crippen LogP contribution in [0.15, 0.2) is 22.6 Å². The Morgan fingerprint density at radius 1 is 1.14 bits per heavy atom. The van der Waals surface area contributed by atoms with Crippen molar-refractivity contribution in [3.05, 3.63) is 24.1 Å². The molecule has 0 unspecified atom stereocenters. The molecule has 2 rings (SSSR count). The van der Waals surface area contributed by atoms with Gasteiger partial charge in [-0.15, -0.1) is 10.2 Å². The summed E-state index contributed by atoms with van der Waals surface area (Å²) in [5, 5.41) is 11.5. The van der Waals surface area contributed by atoms with Crippen LogP contribution in [-0.4, -0.2) is 37.0 Å². The van der Waals surface area contributed by atoms with Crippen LogP contribution >= 0.6 is 0 Å². The second-order valence-corrected chi connectivity index (χ2v) is 4.90. The second kappa shape index (κ2) is 7.08. The molecule has 0 amide bonds. The lowest BCUT2D eigenvalue weighted by atomic mass is 10.2. The van der Waals surface area contributed by atoms with Gasteiger partial charge in [0.05, 0.1) is 14.2 Å². The summed E-state index contributed by atoms with van der Waals surface area (Å²) in [6, 6.07) is 5.96. The van der Waals surface area contributed by atoms with Crippen LogP contribution in [0.1, 0.15) is 19.7 Å². The van der Waals surface area contributed by atoms with Crippen LogP contribution in [0.3, 0.4) is 0 Å². The van der Waals surface area contributed by atoms with Crippen molar-refractivity contribution in [2.75, 3.05) is 20.8 Å². The van der Waals surface area contributed by atoms with Crippen LogP contribution in [0.2, 0.25) is 0 Å². The monoisotopic (exact) mass is 291 g/mol. The van der Waals surface area contributed by atoms with E-state index in [2.05, 4.69) is 29.4 Å². The summed E-state index contributed by atoms with van der Waals surface area (Å²) >= 11 is 0. The molecule has 1 heterocycles. The van der Waals surface area contributed by atoms with Crippen molar-refractivity contribution in [1.29, 1.82) is 0 Å². The highest BCUT2D eigenvalue weighted by molar-refractivity contribution is 5.70. The first kappa shape index (κ1) is 15.3. The summed E-state index contributed by atoms with van der Waals surface area (Å²) in [5.74, 6) is 2.28. The zero-order valence-corrected chi connectivity index (χ0v) is 12.8. The number of nitrogens with zero attached hydrogens (tertiary/aromatic N) is 2. The van der Waals surface area contributed by atoms with Crippen molar-refractivity contribution in [1.82, 2.24) is 15.5 Å². The smallest absolute Gasteiger partial charge is 0.255 e. The van der Waals surface area contributed by atoms with Crippen LogP contribution in [-0.2, 0) is 6.42 Å². The van der Waals surface area contributed by atoms with Gasteiger partial charge in [0.2, 0.25) is 5.89 Å². The van der Waals surface area contributed by atoms with Gasteiger partial charge < -0.3 is 19.2 Å². The molecule has 0 aliphatic heterocycles. The SMILES string of the molecule is COc1cccc(OC)c1-c1nnc(CCNC(C)C)o1. The number of nitrogens with one attached hydrogen (secondary N) is 1. The minimum Gasteiger partial charge on any atom is -0.496 e. The molecule has 0 radical (unpaired) electrons. The zero-order chi connectivity index (χ0) is 15.2. The third kappa shape index (κ3) is 3.72. The van der Waals surface area contributed by atoms with Crippen LogP contribution in [0.25, 0.3) is 11.5 Å². The van der Waals surface area contributed by atoms with Crippen molar-refractivity contribution < 1.29 is 13.9 Å². The summed E-state index contributed by atoms with van der Waals surface area (Å²) in [6.07, 6.45) is 0.683. The molecule has 0 saturated heterocycles. The second-order valence-electron chi connectivity index (χ2n) is 4.90. The standard InChI is InChI=1S/C15H21N3O3/c1-10(2)16-9-8-13-17-18-15(21-13)14-11(19-3)6-5-7-12(14)20-4/h5-7,10,16H,8-9H2,1-4H3. The fraction of sp³-hybridized carbons (Fsp3) is 0.467. The van der Waals surface area contributed by atoms with E-state index in [9.17, 15) is 0 Å². The Bertz CT molecular complexity index is 559. The molecule has 0 aliphatic rings. The Morgan fingerprint density at radius 3 is 2.38 bits per heavy atom. The number of methoxy groups -OCH3 is 2. The van der Waals surface area contributed by atoms with Gasteiger partial charge >= 0.3 is 0 Å². The van der Waals surface area contributed by atoms with Gasteiger partial charge in [-0.25, -0.2) is 0 Å². The van der Waals surface area contributed by atoms with Gasteiger partial charge in [-0.1, -0.05) is 19.9 Å². The number of ether oxygens (including phenoxy) is 2. The number of hydrogen-bond donors (Lipinski definition) is 1. The molecule has 1 N–H and O–H groups in total. The van der Waals surface area contributed by atoms with Gasteiger partial charge in [0.25, 0.3) is 5.89 Å². The molecule has 21 heavy (non-hydrogen) atoms. The molecule has 1 aromatic heterocycles.